The van der Waals surface area contributed by atoms with Gasteiger partial charge in [0.25, 0.3) is 0 Å². The normalized spacial score (nSPS) is 14.2. The van der Waals surface area contributed by atoms with Crippen LogP contribution >= 0.6 is 23.7 Å². The van der Waals surface area contributed by atoms with Gasteiger partial charge in [0.05, 0.1) is 5.69 Å². The first kappa shape index (κ1) is 17.9. The first-order chi connectivity index (χ1) is 9.42. The third-order valence-corrected chi connectivity index (χ3v) is 4.39. The van der Waals surface area contributed by atoms with E-state index in [0.29, 0.717) is 0 Å². The zero-order valence-electron chi connectivity index (χ0n) is 11.9. The molecule has 1 aliphatic rings. The van der Waals surface area contributed by atoms with Crippen LogP contribution in [0.25, 0.3) is 0 Å². The zero-order valence-corrected chi connectivity index (χ0v) is 13.6. The molecular weight excluding hydrogens is 306 g/mol. The van der Waals surface area contributed by atoms with Gasteiger partial charge in [-0.1, -0.05) is 30.3 Å². The van der Waals surface area contributed by atoms with E-state index < -0.39 is 0 Å². The van der Waals surface area contributed by atoms with Gasteiger partial charge in [-0.25, -0.2) is 4.98 Å². The first-order valence-electron chi connectivity index (χ1n) is 6.86. The molecule has 3 N–H and O–H groups in total. The summed E-state index contributed by atoms with van der Waals surface area (Å²) in [6.07, 6.45) is 2.11. The number of nitrogens with one attached hydrogen (secondary N) is 1. The van der Waals surface area contributed by atoms with Gasteiger partial charge in [-0.3, -0.25) is 0 Å². The summed E-state index contributed by atoms with van der Waals surface area (Å²) in [5.41, 5.74) is 2.61. The van der Waals surface area contributed by atoms with Crippen LogP contribution in [0.4, 0.5) is 5.13 Å². The second kappa shape index (κ2) is 9.00. The van der Waals surface area contributed by atoms with Crippen molar-refractivity contribution >= 4 is 28.9 Å². The van der Waals surface area contributed by atoms with Crippen molar-refractivity contribution in [2.45, 2.75) is 12.8 Å². The van der Waals surface area contributed by atoms with Crippen molar-refractivity contribution in [2.24, 2.45) is 0 Å². The van der Waals surface area contributed by atoms with E-state index in [1.807, 2.05) is 0 Å². The maximum Gasteiger partial charge on any atom is 0.185 e. The van der Waals surface area contributed by atoms with Crippen molar-refractivity contribution < 1.29 is 5.48 Å². The summed E-state index contributed by atoms with van der Waals surface area (Å²) in [4.78, 5) is 7.15. The average molecular weight is 328 g/mol. The van der Waals surface area contributed by atoms with Gasteiger partial charge in [-0.2, -0.15) is 0 Å². The molecule has 116 valence electrons. The molecule has 0 saturated carbocycles. The van der Waals surface area contributed by atoms with E-state index in [0.717, 1.165) is 39.0 Å². The van der Waals surface area contributed by atoms with Crippen molar-refractivity contribution in [3.63, 3.8) is 0 Å². The largest absolute Gasteiger partial charge is 0.412 e. The van der Waals surface area contributed by atoms with E-state index >= 15 is 0 Å². The van der Waals surface area contributed by atoms with Gasteiger partial charge in [0.15, 0.2) is 5.13 Å². The number of benzene rings is 1. The number of nitrogens with zero attached hydrogens (tertiary/aromatic N) is 2. The number of aromatic nitrogens is 1. The molecule has 6 heteroatoms. The van der Waals surface area contributed by atoms with Crippen LogP contribution in [0.5, 0.6) is 0 Å². The maximum absolute atomic E-state index is 4.77. The lowest BCUT2D eigenvalue weighted by Crippen LogP contribution is -2.43. The number of thiazole rings is 1. The summed E-state index contributed by atoms with van der Waals surface area (Å²) in [5, 5.41) is 6.77. The SMILES string of the molecule is Cl.O.c1ccc(CCc2csc(N3CCNCC3)n2)cc1. The minimum atomic E-state index is 0. The maximum atomic E-state index is 4.77. The van der Waals surface area contributed by atoms with E-state index in [1.165, 1.54) is 16.4 Å². The van der Waals surface area contributed by atoms with Gasteiger partial charge in [0, 0.05) is 31.6 Å². The fourth-order valence-electron chi connectivity index (χ4n) is 2.33. The topological polar surface area (TPSA) is 59.7 Å². The molecule has 0 atom stereocenters. The van der Waals surface area contributed by atoms with Gasteiger partial charge >= 0.3 is 0 Å². The van der Waals surface area contributed by atoms with Crippen LogP contribution in [-0.4, -0.2) is 36.6 Å². The Kier molecular flexibility index (Phi) is 7.67. The van der Waals surface area contributed by atoms with Crippen molar-refractivity contribution in [3.05, 3.63) is 47.0 Å². The second-order valence-corrected chi connectivity index (χ2v) is 5.68. The summed E-state index contributed by atoms with van der Waals surface area (Å²) < 4.78 is 0. The van der Waals surface area contributed by atoms with Crippen LogP contribution in [0.1, 0.15) is 11.3 Å². The molecule has 0 spiro atoms. The van der Waals surface area contributed by atoms with E-state index in [9.17, 15) is 0 Å². The molecule has 0 aliphatic carbocycles. The minimum absolute atomic E-state index is 0. The number of halogens is 1. The van der Waals surface area contributed by atoms with Gasteiger partial charge in [0.1, 0.15) is 0 Å². The van der Waals surface area contributed by atoms with Crippen molar-refractivity contribution in [1.82, 2.24) is 10.3 Å². The Morgan fingerprint density at radius 2 is 1.81 bits per heavy atom. The third kappa shape index (κ3) is 4.97. The Morgan fingerprint density at radius 3 is 2.52 bits per heavy atom. The van der Waals surface area contributed by atoms with Crippen LogP contribution in [0.15, 0.2) is 35.7 Å². The summed E-state index contributed by atoms with van der Waals surface area (Å²) in [7, 11) is 0. The highest BCUT2D eigenvalue weighted by Gasteiger charge is 2.13. The molecule has 1 aliphatic heterocycles. The molecule has 1 aromatic heterocycles. The van der Waals surface area contributed by atoms with Gasteiger partial charge < -0.3 is 15.7 Å². The summed E-state index contributed by atoms with van der Waals surface area (Å²) >= 11 is 1.78. The van der Waals surface area contributed by atoms with Gasteiger partial charge in [-0.05, 0) is 18.4 Å². The predicted molar refractivity (Wildman–Crippen MR) is 91.9 cm³/mol. The van der Waals surface area contributed by atoms with Crippen molar-refractivity contribution in [2.75, 3.05) is 31.1 Å². The molecule has 2 aromatic rings. The van der Waals surface area contributed by atoms with Crippen LogP contribution in [-0.2, 0) is 12.8 Å². The average Bonchev–Trinajstić information content (AvgIpc) is 2.96. The third-order valence-electron chi connectivity index (χ3n) is 3.44. The molecule has 1 aromatic carbocycles. The number of hydrogen-bond acceptors (Lipinski definition) is 4. The molecule has 2 heterocycles. The Labute approximate surface area is 135 Å². The van der Waals surface area contributed by atoms with Gasteiger partial charge in [-0.15, -0.1) is 23.7 Å². The highest BCUT2D eigenvalue weighted by atomic mass is 35.5. The molecule has 1 fully saturated rings. The summed E-state index contributed by atoms with van der Waals surface area (Å²) in [6.45, 7) is 4.29. The van der Waals surface area contributed by atoms with Gasteiger partial charge in [0.2, 0.25) is 0 Å². The Morgan fingerprint density at radius 1 is 1.10 bits per heavy atom. The molecule has 0 amide bonds. The Bertz CT molecular complexity index is 515. The lowest BCUT2D eigenvalue weighted by Gasteiger charge is -2.26. The second-order valence-electron chi connectivity index (χ2n) is 4.84. The Hall–Kier alpha value is -1.14. The number of rotatable bonds is 4. The lowest BCUT2D eigenvalue weighted by atomic mass is 10.1. The molecule has 0 radical (unpaired) electrons. The lowest BCUT2D eigenvalue weighted by molar-refractivity contribution is 0.588. The van der Waals surface area contributed by atoms with Crippen LogP contribution in [0.2, 0.25) is 0 Å². The fraction of sp³-hybridized carbons (Fsp3) is 0.400. The highest BCUT2D eigenvalue weighted by molar-refractivity contribution is 7.13. The molecule has 1 saturated heterocycles. The predicted octanol–water partition coefficient (Wildman–Crippen LogP) is 1.93. The molecule has 21 heavy (non-hydrogen) atoms. The molecule has 0 bridgehead atoms. The smallest absolute Gasteiger partial charge is 0.185 e. The first-order valence-corrected chi connectivity index (χ1v) is 7.74. The Balaban J connectivity index is 0.00000110. The van der Waals surface area contributed by atoms with Crippen molar-refractivity contribution in [1.29, 1.82) is 0 Å². The number of aryl methyl sites for hydroxylation is 2. The summed E-state index contributed by atoms with van der Waals surface area (Å²) in [5.74, 6) is 0. The van der Waals surface area contributed by atoms with Crippen LogP contribution < -0.4 is 10.2 Å². The fourth-order valence-corrected chi connectivity index (χ4v) is 3.24. The van der Waals surface area contributed by atoms with E-state index in [1.54, 1.807) is 11.3 Å². The highest BCUT2D eigenvalue weighted by Crippen LogP contribution is 2.21. The van der Waals surface area contributed by atoms with E-state index in [4.69, 9.17) is 4.98 Å². The monoisotopic (exact) mass is 327 g/mol. The number of anilines is 1. The number of piperazine rings is 1. The minimum Gasteiger partial charge on any atom is -0.412 e. The molecular formula is C15H22ClN3OS. The van der Waals surface area contributed by atoms with E-state index in [2.05, 4.69) is 45.9 Å². The standard InChI is InChI=1S/C15H19N3S.ClH.H2O/c1-2-4-13(5-3-1)6-7-14-12-19-15(17-14)18-10-8-16-9-11-18;;/h1-5,12,16H,6-11H2;1H;1H2. The van der Waals surface area contributed by atoms with Crippen molar-refractivity contribution in [3.8, 4) is 0 Å². The quantitative estimate of drug-likeness (QED) is 0.933. The van der Waals surface area contributed by atoms with E-state index in [-0.39, 0.29) is 17.9 Å². The molecule has 3 rings (SSSR count). The summed E-state index contributed by atoms with van der Waals surface area (Å²) in [6, 6.07) is 10.6. The van der Waals surface area contributed by atoms with Crippen LogP contribution in [0.3, 0.4) is 0 Å². The molecule has 4 nitrogen and oxygen atoms in total. The zero-order chi connectivity index (χ0) is 12.9. The number of hydrogen-bond donors (Lipinski definition) is 1. The molecule has 0 unspecified atom stereocenters. The van der Waals surface area contributed by atoms with Crippen LogP contribution in [0, 0.1) is 0 Å².